The molecule has 0 amide bonds. The second-order valence-corrected chi connectivity index (χ2v) is 6.32. The highest BCUT2D eigenvalue weighted by atomic mass is 16.3. The van der Waals surface area contributed by atoms with Gasteiger partial charge in [0, 0.05) is 39.3 Å². The molecule has 4 heteroatoms. The van der Waals surface area contributed by atoms with Crippen LogP contribution in [0.5, 0.6) is 0 Å². The van der Waals surface area contributed by atoms with Gasteiger partial charge in [-0.25, -0.2) is 0 Å². The lowest BCUT2D eigenvalue weighted by Gasteiger charge is -2.38. The molecule has 1 unspecified atom stereocenters. The summed E-state index contributed by atoms with van der Waals surface area (Å²) in [7, 11) is 0. The number of aliphatic hydroxyl groups is 2. The van der Waals surface area contributed by atoms with Crippen molar-refractivity contribution < 1.29 is 10.2 Å². The molecule has 2 N–H and O–H groups in total. The Balaban J connectivity index is 1.77. The van der Waals surface area contributed by atoms with E-state index in [1.165, 1.54) is 0 Å². The molecule has 0 aromatic heterocycles. The van der Waals surface area contributed by atoms with Gasteiger partial charge in [0.15, 0.2) is 0 Å². The topological polar surface area (TPSA) is 46.9 Å². The van der Waals surface area contributed by atoms with E-state index in [1.807, 2.05) is 44.2 Å². The van der Waals surface area contributed by atoms with Crippen LogP contribution in [0.4, 0.5) is 0 Å². The molecule has 1 heterocycles. The van der Waals surface area contributed by atoms with Crippen molar-refractivity contribution >= 4 is 0 Å². The molecule has 0 saturated carbocycles. The molecule has 1 aromatic carbocycles. The standard InChI is InChI=1S/C16H26N2O2/c1-16(2,20)13-18-10-8-17(9-11-18)12-15(19)14-6-4-3-5-7-14/h3-7,15,19-20H,8-13H2,1-2H3. The Hall–Kier alpha value is -0.940. The summed E-state index contributed by atoms with van der Waals surface area (Å²) >= 11 is 0. The van der Waals surface area contributed by atoms with E-state index in [4.69, 9.17) is 0 Å². The van der Waals surface area contributed by atoms with Gasteiger partial charge in [0.05, 0.1) is 11.7 Å². The number of nitrogens with zero attached hydrogens (tertiary/aromatic N) is 2. The second kappa shape index (κ2) is 6.68. The molecule has 0 spiro atoms. The maximum absolute atomic E-state index is 10.2. The van der Waals surface area contributed by atoms with Gasteiger partial charge in [0.1, 0.15) is 0 Å². The molecule has 1 saturated heterocycles. The van der Waals surface area contributed by atoms with E-state index in [9.17, 15) is 10.2 Å². The molecule has 1 aliphatic heterocycles. The Morgan fingerprint density at radius 1 is 1.05 bits per heavy atom. The fourth-order valence-electron chi connectivity index (χ4n) is 2.70. The number of hydrogen-bond acceptors (Lipinski definition) is 4. The summed E-state index contributed by atoms with van der Waals surface area (Å²) in [6.45, 7) is 8.87. The number of aliphatic hydroxyl groups excluding tert-OH is 1. The van der Waals surface area contributed by atoms with Crippen LogP contribution in [0, 0.1) is 0 Å². The van der Waals surface area contributed by atoms with Gasteiger partial charge in [-0.05, 0) is 19.4 Å². The molecule has 1 fully saturated rings. The molecular weight excluding hydrogens is 252 g/mol. The lowest BCUT2D eigenvalue weighted by atomic mass is 10.1. The Bertz CT molecular complexity index is 395. The summed E-state index contributed by atoms with van der Waals surface area (Å²) in [5, 5.41) is 20.1. The predicted molar refractivity (Wildman–Crippen MR) is 80.6 cm³/mol. The Kier molecular flexibility index (Phi) is 5.16. The maximum Gasteiger partial charge on any atom is 0.0916 e. The molecule has 20 heavy (non-hydrogen) atoms. The lowest BCUT2D eigenvalue weighted by molar-refractivity contribution is 0.00997. The largest absolute Gasteiger partial charge is 0.389 e. The molecule has 1 aromatic rings. The summed E-state index contributed by atoms with van der Waals surface area (Å²) in [6, 6.07) is 9.82. The molecule has 112 valence electrons. The summed E-state index contributed by atoms with van der Waals surface area (Å²) in [4.78, 5) is 4.57. The van der Waals surface area contributed by atoms with Gasteiger partial charge in [0.2, 0.25) is 0 Å². The summed E-state index contributed by atoms with van der Waals surface area (Å²) < 4.78 is 0. The Labute approximate surface area is 121 Å². The van der Waals surface area contributed by atoms with Crippen molar-refractivity contribution in [2.45, 2.75) is 25.6 Å². The van der Waals surface area contributed by atoms with Gasteiger partial charge in [-0.15, -0.1) is 0 Å². The van der Waals surface area contributed by atoms with Crippen molar-refractivity contribution in [1.82, 2.24) is 9.80 Å². The average Bonchev–Trinajstić information content (AvgIpc) is 2.40. The molecule has 1 aliphatic rings. The van der Waals surface area contributed by atoms with Crippen LogP contribution < -0.4 is 0 Å². The third-order valence-corrected chi connectivity index (χ3v) is 3.69. The van der Waals surface area contributed by atoms with Crippen molar-refractivity contribution in [3.8, 4) is 0 Å². The van der Waals surface area contributed by atoms with E-state index in [2.05, 4.69) is 9.80 Å². The van der Waals surface area contributed by atoms with Crippen molar-refractivity contribution in [2.75, 3.05) is 39.3 Å². The van der Waals surface area contributed by atoms with Crippen LogP contribution in [0.2, 0.25) is 0 Å². The molecule has 4 nitrogen and oxygen atoms in total. The summed E-state index contributed by atoms with van der Waals surface area (Å²) in [6.07, 6.45) is -0.419. The third-order valence-electron chi connectivity index (χ3n) is 3.69. The smallest absolute Gasteiger partial charge is 0.0916 e. The molecule has 0 bridgehead atoms. The molecule has 2 rings (SSSR count). The van der Waals surface area contributed by atoms with Gasteiger partial charge in [0.25, 0.3) is 0 Å². The molecular formula is C16H26N2O2. The second-order valence-electron chi connectivity index (χ2n) is 6.32. The van der Waals surface area contributed by atoms with E-state index in [0.717, 1.165) is 31.7 Å². The van der Waals surface area contributed by atoms with E-state index < -0.39 is 11.7 Å². The first-order valence-electron chi connectivity index (χ1n) is 7.34. The predicted octanol–water partition coefficient (Wildman–Crippen LogP) is 1.11. The van der Waals surface area contributed by atoms with Crippen LogP contribution in [0.1, 0.15) is 25.5 Å². The number of benzene rings is 1. The minimum absolute atomic E-state index is 0.419. The minimum atomic E-state index is -0.633. The SMILES string of the molecule is CC(C)(O)CN1CCN(CC(O)c2ccccc2)CC1. The third kappa shape index (κ3) is 4.87. The van der Waals surface area contributed by atoms with E-state index in [-0.39, 0.29) is 0 Å². The van der Waals surface area contributed by atoms with Crippen LogP contribution in [-0.4, -0.2) is 64.9 Å². The number of rotatable bonds is 5. The van der Waals surface area contributed by atoms with Crippen molar-refractivity contribution in [3.05, 3.63) is 35.9 Å². The lowest BCUT2D eigenvalue weighted by Crippen LogP contribution is -2.51. The Morgan fingerprint density at radius 3 is 2.15 bits per heavy atom. The highest BCUT2D eigenvalue weighted by molar-refractivity contribution is 5.17. The van der Waals surface area contributed by atoms with Crippen LogP contribution in [0.25, 0.3) is 0 Å². The zero-order valence-corrected chi connectivity index (χ0v) is 12.5. The molecule has 1 atom stereocenters. The first-order valence-corrected chi connectivity index (χ1v) is 7.34. The molecule has 0 radical (unpaired) electrons. The van der Waals surface area contributed by atoms with Crippen LogP contribution in [0.3, 0.4) is 0 Å². The zero-order valence-electron chi connectivity index (χ0n) is 12.5. The quantitative estimate of drug-likeness (QED) is 0.847. The summed E-state index contributed by atoms with van der Waals surface area (Å²) in [5.41, 5.74) is 0.345. The van der Waals surface area contributed by atoms with E-state index in [0.29, 0.717) is 13.1 Å². The van der Waals surface area contributed by atoms with Crippen molar-refractivity contribution in [2.24, 2.45) is 0 Å². The highest BCUT2D eigenvalue weighted by Crippen LogP contribution is 2.15. The maximum atomic E-state index is 10.2. The summed E-state index contributed by atoms with van der Waals surface area (Å²) in [5.74, 6) is 0. The van der Waals surface area contributed by atoms with Crippen LogP contribution in [0.15, 0.2) is 30.3 Å². The van der Waals surface area contributed by atoms with Crippen LogP contribution in [-0.2, 0) is 0 Å². The van der Waals surface area contributed by atoms with Gasteiger partial charge in [-0.2, -0.15) is 0 Å². The van der Waals surface area contributed by atoms with Crippen LogP contribution >= 0.6 is 0 Å². The van der Waals surface area contributed by atoms with Gasteiger partial charge >= 0.3 is 0 Å². The van der Waals surface area contributed by atoms with Crippen molar-refractivity contribution in [3.63, 3.8) is 0 Å². The fraction of sp³-hybridized carbons (Fsp3) is 0.625. The number of hydrogen-bond donors (Lipinski definition) is 2. The number of piperazine rings is 1. The van der Waals surface area contributed by atoms with Gasteiger partial charge in [-0.3, -0.25) is 9.80 Å². The van der Waals surface area contributed by atoms with Gasteiger partial charge in [-0.1, -0.05) is 30.3 Å². The molecule has 0 aliphatic carbocycles. The van der Waals surface area contributed by atoms with Crippen molar-refractivity contribution in [1.29, 1.82) is 0 Å². The highest BCUT2D eigenvalue weighted by Gasteiger charge is 2.23. The monoisotopic (exact) mass is 278 g/mol. The Morgan fingerprint density at radius 2 is 1.60 bits per heavy atom. The van der Waals surface area contributed by atoms with E-state index in [1.54, 1.807) is 0 Å². The first kappa shape index (κ1) is 15.4. The fourth-order valence-corrected chi connectivity index (χ4v) is 2.70. The van der Waals surface area contributed by atoms with Gasteiger partial charge < -0.3 is 10.2 Å². The van der Waals surface area contributed by atoms with E-state index >= 15 is 0 Å². The minimum Gasteiger partial charge on any atom is -0.389 e. The number of β-amino-alcohol motifs (C(OH)–C–C–N with tert-alkyl or cyclic N) is 2. The average molecular weight is 278 g/mol. The first-order chi connectivity index (χ1) is 9.44. The normalized spacial score (nSPS) is 20.0. The zero-order chi connectivity index (χ0) is 14.6.